The van der Waals surface area contributed by atoms with Crippen molar-refractivity contribution in [3.05, 3.63) is 35.9 Å². The Morgan fingerprint density at radius 3 is 2.45 bits per heavy atom. The highest BCUT2D eigenvalue weighted by molar-refractivity contribution is 5.89. The summed E-state index contributed by atoms with van der Waals surface area (Å²) in [6, 6.07) is 8.38. The molecular formula is C14H18O6. The molecule has 1 aliphatic rings. The van der Waals surface area contributed by atoms with Crippen LogP contribution < -0.4 is 0 Å². The van der Waals surface area contributed by atoms with Gasteiger partial charge in [0.1, 0.15) is 12.2 Å². The molecule has 0 radical (unpaired) electrons. The fourth-order valence-electron chi connectivity index (χ4n) is 2.08. The molecule has 5 atom stereocenters. The summed E-state index contributed by atoms with van der Waals surface area (Å²) in [7, 11) is 1.38. The molecule has 1 fully saturated rings. The van der Waals surface area contributed by atoms with Crippen LogP contribution in [0, 0.1) is 0 Å². The second-order valence-corrected chi connectivity index (χ2v) is 4.66. The summed E-state index contributed by atoms with van der Waals surface area (Å²) in [6.07, 6.45) is -5.03. The van der Waals surface area contributed by atoms with Crippen molar-refractivity contribution in [2.45, 2.75) is 37.6 Å². The molecule has 1 aliphatic heterocycles. The molecule has 110 valence electrons. The SMILES string of the molecule is CO[C@@H]1O[C@@H](C)[C@H](O)[C@@H](O)[C@H]1OC(=O)c1ccccc1. The largest absolute Gasteiger partial charge is 0.450 e. The second kappa shape index (κ2) is 6.32. The Balaban J connectivity index is 2.11. The molecular weight excluding hydrogens is 264 g/mol. The Kier molecular flexibility index (Phi) is 4.72. The lowest BCUT2D eigenvalue weighted by Gasteiger charge is -2.40. The first-order valence-electron chi connectivity index (χ1n) is 6.35. The molecule has 1 heterocycles. The van der Waals surface area contributed by atoms with Gasteiger partial charge in [0, 0.05) is 7.11 Å². The first kappa shape index (κ1) is 14.9. The van der Waals surface area contributed by atoms with Gasteiger partial charge in [0.05, 0.1) is 11.7 Å². The number of methoxy groups -OCH3 is 1. The van der Waals surface area contributed by atoms with E-state index in [2.05, 4.69) is 0 Å². The molecule has 0 bridgehead atoms. The molecule has 0 spiro atoms. The molecule has 0 aromatic heterocycles. The quantitative estimate of drug-likeness (QED) is 0.777. The van der Waals surface area contributed by atoms with Gasteiger partial charge in [0.15, 0.2) is 12.4 Å². The molecule has 1 aromatic carbocycles. The van der Waals surface area contributed by atoms with E-state index >= 15 is 0 Å². The van der Waals surface area contributed by atoms with Crippen LogP contribution in [-0.4, -0.2) is 54.0 Å². The number of carbonyl (C=O) groups excluding carboxylic acids is 1. The molecule has 0 saturated carbocycles. The highest BCUT2D eigenvalue weighted by Crippen LogP contribution is 2.24. The van der Waals surface area contributed by atoms with E-state index in [-0.39, 0.29) is 0 Å². The normalized spacial score (nSPS) is 33.7. The number of aliphatic hydroxyl groups excluding tert-OH is 2. The lowest BCUT2D eigenvalue weighted by Crippen LogP contribution is -2.58. The molecule has 6 heteroatoms. The Morgan fingerprint density at radius 2 is 1.85 bits per heavy atom. The third-order valence-corrected chi connectivity index (χ3v) is 3.27. The van der Waals surface area contributed by atoms with Crippen LogP contribution in [-0.2, 0) is 14.2 Å². The number of benzene rings is 1. The zero-order chi connectivity index (χ0) is 14.7. The van der Waals surface area contributed by atoms with Gasteiger partial charge in [-0.1, -0.05) is 18.2 Å². The predicted octanol–water partition coefficient (Wildman–Crippen LogP) is 0.325. The Bertz CT molecular complexity index is 446. The molecule has 1 saturated heterocycles. The minimum Gasteiger partial charge on any atom is -0.450 e. The molecule has 0 aliphatic carbocycles. The molecule has 2 N–H and O–H groups in total. The molecule has 20 heavy (non-hydrogen) atoms. The molecule has 0 unspecified atom stereocenters. The highest BCUT2D eigenvalue weighted by atomic mass is 16.7. The number of aliphatic hydroxyl groups is 2. The molecule has 2 rings (SSSR count). The fourth-order valence-corrected chi connectivity index (χ4v) is 2.08. The van der Waals surface area contributed by atoms with E-state index in [4.69, 9.17) is 14.2 Å². The lowest BCUT2D eigenvalue weighted by molar-refractivity contribution is -0.285. The van der Waals surface area contributed by atoms with Gasteiger partial charge in [-0.15, -0.1) is 0 Å². The van der Waals surface area contributed by atoms with Gasteiger partial charge in [0.2, 0.25) is 0 Å². The van der Waals surface area contributed by atoms with E-state index in [9.17, 15) is 15.0 Å². The number of ether oxygens (including phenoxy) is 3. The molecule has 6 nitrogen and oxygen atoms in total. The van der Waals surface area contributed by atoms with Crippen molar-refractivity contribution in [3.63, 3.8) is 0 Å². The van der Waals surface area contributed by atoms with Crippen molar-refractivity contribution in [1.29, 1.82) is 0 Å². The van der Waals surface area contributed by atoms with Gasteiger partial charge in [-0.3, -0.25) is 0 Å². The van der Waals surface area contributed by atoms with Gasteiger partial charge >= 0.3 is 5.97 Å². The van der Waals surface area contributed by atoms with Crippen molar-refractivity contribution < 1.29 is 29.2 Å². The Labute approximate surface area is 116 Å². The fraction of sp³-hybridized carbons (Fsp3) is 0.500. The number of hydrogen-bond donors (Lipinski definition) is 2. The Morgan fingerprint density at radius 1 is 1.20 bits per heavy atom. The summed E-state index contributed by atoms with van der Waals surface area (Å²) in [6.45, 7) is 1.61. The Hall–Kier alpha value is -1.47. The van der Waals surface area contributed by atoms with Crippen LogP contribution in [0.2, 0.25) is 0 Å². The van der Waals surface area contributed by atoms with Crippen molar-refractivity contribution >= 4 is 5.97 Å². The average molecular weight is 282 g/mol. The summed E-state index contributed by atoms with van der Waals surface area (Å²) in [5, 5.41) is 19.8. The van der Waals surface area contributed by atoms with Gasteiger partial charge in [-0.05, 0) is 19.1 Å². The number of esters is 1. The van der Waals surface area contributed by atoms with Crippen LogP contribution in [0.3, 0.4) is 0 Å². The third kappa shape index (κ3) is 2.99. The molecule has 0 amide bonds. The maximum atomic E-state index is 12.0. The number of hydrogen-bond acceptors (Lipinski definition) is 6. The zero-order valence-electron chi connectivity index (χ0n) is 11.3. The van der Waals surface area contributed by atoms with E-state index in [0.717, 1.165) is 0 Å². The summed E-state index contributed by atoms with van der Waals surface area (Å²) in [5.41, 5.74) is 0.350. The van der Waals surface area contributed by atoms with Crippen molar-refractivity contribution in [1.82, 2.24) is 0 Å². The van der Waals surface area contributed by atoms with E-state index in [1.54, 1.807) is 37.3 Å². The minimum atomic E-state index is -1.27. The van der Waals surface area contributed by atoms with Crippen molar-refractivity contribution in [3.8, 4) is 0 Å². The summed E-state index contributed by atoms with van der Waals surface area (Å²) in [4.78, 5) is 12.0. The van der Waals surface area contributed by atoms with Crippen LogP contribution in [0.15, 0.2) is 30.3 Å². The first-order chi connectivity index (χ1) is 9.54. The van der Waals surface area contributed by atoms with Crippen molar-refractivity contribution in [2.24, 2.45) is 0 Å². The number of carbonyl (C=O) groups is 1. The van der Waals surface area contributed by atoms with Gasteiger partial charge in [0.25, 0.3) is 0 Å². The maximum absolute atomic E-state index is 12.0. The van der Waals surface area contributed by atoms with Crippen LogP contribution in [0.1, 0.15) is 17.3 Å². The van der Waals surface area contributed by atoms with Crippen LogP contribution >= 0.6 is 0 Å². The van der Waals surface area contributed by atoms with E-state index in [1.807, 2.05) is 0 Å². The zero-order valence-corrected chi connectivity index (χ0v) is 11.3. The highest BCUT2D eigenvalue weighted by Gasteiger charge is 2.45. The second-order valence-electron chi connectivity index (χ2n) is 4.66. The van der Waals surface area contributed by atoms with Crippen LogP contribution in [0.4, 0.5) is 0 Å². The minimum absolute atomic E-state index is 0.350. The van der Waals surface area contributed by atoms with Crippen LogP contribution in [0.5, 0.6) is 0 Å². The number of rotatable bonds is 3. The predicted molar refractivity (Wildman–Crippen MR) is 69.0 cm³/mol. The van der Waals surface area contributed by atoms with Crippen LogP contribution in [0.25, 0.3) is 0 Å². The monoisotopic (exact) mass is 282 g/mol. The first-order valence-corrected chi connectivity index (χ1v) is 6.35. The summed E-state index contributed by atoms with van der Waals surface area (Å²) >= 11 is 0. The standard InChI is InChI=1S/C14H18O6/c1-8-10(15)11(16)12(14(18-2)19-8)20-13(17)9-6-4-3-5-7-9/h3-8,10-12,14-16H,1-2H3/t8-,10-,11+,12+,14+/m0/s1. The van der Waals surface area contributed by atoms with Crippen molar-refractivity contribution in [2.75, 3.05) is 7.11 Å². The van der Waals surface area contributed by atoms with Gasteiger partial charge < -0.3 is 24.4 Å². The summed E-state index contributed by atoms with van der Waals surface area (Å²) < 4.78 is 15.6. The smallest absolute Gasteiger partial charge is 0.338 e. The lowest BCUT2D eigenvalue weighted by atomic mass is 10.00. The van der Waals surface area contributed by atoms with E-state index in [1.165, 1.54) is 7.11 Å². The third-order valence-electron chi connectivity index (χ3n) is 3.27. The molecule has 1 aromatic rings. The topological polar surface area (TPSA) is 85.2 Å². The van der Waals surface area contributed by atoms with E-state index < -0.39 is 36.7 Å². The average Bonchev–Trinajstić information content (AvgIpc) is 2.48. The van der Waals surface area contributed by atoms with Gasteiger partial charge in [-0.25, -0.2) is 4.79 Å². The maximum Gasteiger partial charge on any atom is 0.338 e. The van der Waals surface area contributed by atoms with E-state index in [0.29, 0.717) is 5.56 Å². The summed E-state index contributed by atoms with van der Waals surface area (Å²) in [5.74, 6) is -0.609. The van der Waals surface area contributed by atoms with Gasteiger partial charge in [-0.2, -0.15) is 0 Å².